The van der Waals surface area contributed by atoms with Gasteiger partial charge in [0.1, 0.15) is 12.6 Å². The summed E-state index contributed by atoms with van der Waals surface area (Å²) in [7, 11) is 0. The highest BCUT2D eigenvalue weighted by Crippen LogP contribution is 2.28. The molecule has 1 amide bonds. The second-order valence-electron chi connectivity index (χ2n) is 8.68. The van der Waals surface area contributed by atoms with Crippen LogP contribution >= 0.6 is 23.2 Å². The molecule has 3 aromatic heterocycles. The van der Waals surface area contributed by atoms with Crippen molar-refractivity contribution in [1.82, 2.24) is 34.3 Å². The number of rotatable bonds is 9. The van der Waals surface area contributed by atoms with Gasteiger partial charge in [-0.25, -0.2) is 9.67 Å². The predicted molar refractivity (Wildman–Crippen MR) is 147 cm³/mol. The van der Waals surface area contributed by atoms with Crippen molar-refractivity contribution in [3.8, 4) is 16.9 Å². The number of halogens is 2. The lowest BCUT2D eigenvalue weighted by atomic mass is 10.0. The summed E-state index contributed by atoms with van der Waals surface area (Å²) in [6.45, 7) is -0.361. The molecular formula is C26H20Cl2N8O4. The van der Waals surface area contributed by atoms with E-state index in [9.17, 15) is 14.4 Å². The van der Waals surface area contributed by atoms with Crippen molar-refractivity contribution in [2.75, 3.05) is 5.32 Å². The lowest BCUT2D eigenvalue weighted by Gasteiger charge is -2.19. The summed E-state index contributed by atoms with van der Waals surface area (Å²) < 4.78 is 3.86. The van der Waals surface area contributed by atoms with Gasteiger partial charge in [-0.2, -0.15) is 5.10 Å². The van der Waals surface area contributed by atoms with E-state index in [4.69, 9.17) is 28.3 Å². The summed E-state index contributed by atoms with van der Waals surface area (Å²) in [6.07, 6.45) is 5.73. The van der Waals surface area contributed by atoms with Crippen molar-refractivity contribution in [2.45, 2.75) is 19.0 Å². The Morgan fingerprint density at radius 3 is 2.55 bits per heavy atom. The monoisotopic (exact) mass is 578 g/mol. The van der Waals surface area contributed by atoms with Gasteiger partial charge < -0.3 is 10.4 Å². The Morgan fingerprint density at radius 1 is 1.05 bits per heavy atom. The number of hydrogen-bond acceptors (Lipinski definition) is 7. The number of aliphatic carboxylic acids is 1. The van der Waals surface area contributed by atoms with Crippen LogP contribution in [0.5, 0.6) is 0 Å². The second kappa shape index (κ2) is 11.5. The standard InChI is InChI=1S/C26H20Cl2N8O4/c27-17-6-7-21(36-13-23(28)32-33-36)19(9-17)20-10-24(37)35(15-29-20)22(8-16-4-2-1-3-5-16)26(40)31-18-11-30-34(12-18)14-25(38)39/h1-7,9-13,15,22H,8,14H2,(H,31,40)(H,38,39). The minimum absolute atomic E-state index is 0.188. The van der Waals surface area contributed by atoms with E-state index in [0.29, 0.717) is 22.0 Å². The molecule has 12 nitrogen and oxygen atoms in total. The zero-order valence-corrected chi connectivity index (χ0v) is 22.1. The molecule has 0 aliphatic rings. The lowest BCUT2D eigenvalue weighted by Crippen LogP contribution is -2.34. The Kier molecular flexibility index (Phi) is 7.71. The van der Waals surface area contributed by atoms with E-state index in [0.717, 1.165) is 5.56 Å². The molecule has 5 rings (SSSR count). The number of benzene rings is 2. The fourth-order valence-electron chi connectivity index (χ4n) is 4.10. The molecule has 0 radical (unpaired) electrons. The van der Waals surface area contributed by atoms with E-state index in [1.165, 1.54) is 44.9 Å². The van der Waals surface area contributed by atoms with Gasteiger partial charge in [0.25, 0.3) is 5.56 Å². The average molecular weight is 579 g/mol. The molecule has 0 saturated carbocycles. The Labute approximate surface area is 236 Å². The first-order chi connectivity index (χ1) is 19.3. The molecular weight excluding hydrogens is 559 g/mol. The van der Waals surface area contributed by atoms with Crippen LogP contribution < -0.4 is 10.9 Å². The van der Waals surface area contributed by atoms with Crippen molar-refractivity contribution in [3.63, 3.8) is 0 Å². The molecule has 40 heavy (non-hydrogen) atoms. The maximum Gasteiger partial charge on any atom is 0.325 e. The number of carbonyl (C=O) groups is 2. The zero-order chi connectivity index (χ0) is 28.2. The van der Waals surface area contributed by atoms with Gasteiger partial charge in [0.15, 0.2) is 5.15 Å². The Hall–Kier alpha value is -4.81. The normalized spacial score (nSPS) is 11.8. The van der Waals surface area contributed by atoms with Crippen LogP contribution in [-0.4, -0.2) is 51.3 Å². The summed E-state index contributed by atoms with van der Waals surface area (Å²) in [5.41, 5.74) is 1.99. The topological polar surface area (TPSA) is 150 Å². The van der Waals surface area contributed by atoms with Crippen molar-refractivity contribution >= 4 is 40.8 Å². The summed E-state index contributed by atoms with van der Waals surface area (Å²) in [6, 6.07) is 14.5. The van der Waals surface area contributed by atoms with Gasteiger partial charge in [-0.1, -0.05) is 58.7 Å². The van der Waals surface area contributed by atoms with Crippen LogP contribution in [0.15, 0.2) is 84.3 Å². The maximum atomic E-state index is 13.4. The molecule has 0 aliphatic heterocycles. The molecule has 2 aromatic carbocycles. The van der Waals surface area contributed by atoms with E-state index in [1.807, 2.05) is 30.3 Å². The number of aromatic nitrogens is 7. The van der Waals surface area contributed by atoms with E-state index < -0.39 is 23.5 Å². The molecule has 1 unspecified atom stereocenters. The summed E-state index contributed by atoms with van der Waals surface area (Å²) in [5, 5.41) is 24.0. The minimum atomic E-state index is -1.07. The summed E-state index contributed by atoms with van der Waals surface area (Å²) >= 11 is 12.2. The quantitative estimate of drug-likeness (QED) is 0.270. The third-order valence-electron chi connectivity index (χ3n) is 5.89. The molecule has 5 aromatic rings. The van der Waals surface area contributed by atoms with Crippen LogP contribution in [0.1, 0.15) is 11.6 Å². The van der Waals surface area contributed by atoms with Gasteiger partial charge in [0, 0.05) is 29.3 Å². The highest BCUT2D eigenvalue weighted by atomic mass is 35.5. The van der Waals surface area contributed by atoms with Crippen LogP contribution in [0.25, 0.3) is 16.9 Å². The van der Waals surface area contributed by atoms with Gasteiger partial charge in [0.2, 0.25) is 5.91 Å². The number of anilines is 1. The molecule has 0 spiro atoms. The highest BCUT2D eigenvalue weighted by molar-refractivity contribution is 6.31. The molecule has 14 heteroatoms. The molecule has 3 heterocycles. The second-order valence-corrected chi connectivity index (χ2v) is 9.51. The molecule has 0 aliphatic carbocycles. The van der Waals surface area contributed by atoms with Crippen molar-refractivity contribution in [3.05, 3.63) is 106 Å². The summed E-state index contributed by atoms with van der Waals surface area (Å²) in [5.74, 6) is -1.58. The average Bonchev–Trinajstić information content (AvgIpc) is 3.56. The van der Waals surface area contributed by atoms with Gasteiger partial charge >= 0.3 is 5.97 Å². The summed E-state index contributed by atoms with van der Waals surface area (Å²) in [4.78, 5) is 42.3. The molecule has 2 N–H and O–H groups in total. The van der Waals surface area contributed by atoms with Gasteiger partial charge in [0.05, 0.1) is 35.8 Å². The van der Waals surface area contributed by atoms with Gasteiger partial charge in [-0.05, 0) is 23.8 Å². The number of nitrogens with zero attached hydrogens (tertiary/aromatic N) is 7. The largest absolute Gasteiger partial charge is 0.480 e. The van der Waals surface area contributed by atoms with E-state index in [2.05, 4.69) is 25.7 Å². The SMILES string of the molecule is O=C(O)Cn1cc(NC(=O)C(Cc2ccccc2)n2cnc(-c3cc(Cl)ccc3-n3cc(Cl)nn3)cc2=O)cn1. The fraction of sp³-hybridized carbons (Fsp3) is 0.115. The predicted octanol–water partition coefficient (Wildman–Crippen LogP) is 3.50. The van der Waals surface area contributed by atoms with Gasteiger partial charge in [-0.3, -0.25) is 23.6 Å². The number of nitrogens with one attached hydrogen (secondary N) is 1. The van der Waals surface area contributed by atoms with Crippen LogP contribution in [0.3, 0.4) is 0 Å². The number of carboxylic acids is 1. The maximum absolute atomic E-state index is 13.4. The van der Waals surface area contributed by atoms with Crippen LogP contribution in [0.2, 0.25) is 10.2 Å². The highest BCUT2D eigenvalue weighted by Gasteiger charge is 2.24. The number of hydrogen-bond donors (Lipinski definition) is 2. The van der Waals surface area contributed by atoms with Gasteiger partial charge in [-0.15, -0.1) is 5.10 Å². The Morgan fingerprint density at radius 2 is 1.85 bits per heavy atom. The molecule has 202 valence electrons. The Bertz CT molecular complexity index is 1750. The van der Waals surface area contributed by atoms with Crippen molar-refractivity contribution in [2.24, 2.45) is 0 Å². The van der Waals surface area contributed by atoms with Crippen molar-refractivity contribution < 1.29 is 14.7 Å². The molecule has 0 saturated heterocycles. The van der Waals surface area contributed by atoms with Crippen molar-refractivity contribution in [1.29, 1.82) is 0 Å². The number of carbonyl (C=O) groups excluding carboxylic acids is 1. The van der Waals surface area contributed by atoms with Crippen LogP contribution in [-0.2, 0) is 22.6 Å². The molecule has 0 fully saturated rings. The Balaban J connectivity index is 1.50. The number of amides is 1. The molecule has 0 bridgehead atoms. The minimum Gasteiger partial charge on any atom is -0.480 e. The van der Waals surface area contributed by atoms with E-state index >= 15 is 0 Å². The van der Waals surface area contributed by atoms with E-state index in [1.54, 1.807) is 18.2 Å². The molecule has 1 atom stereocenters. The third-order valence-corrected chi connectivity index (χ3v) is 6.30. The first kappa shape index (κ1) is 26.8. The lowest BCUT2D eigenvalue weighted by molar-refractivity contribution is -0.137. The van der Waals surface area contributed by atoms with Crippen LogP contribution in [0.4, 0.5) is 5.69 Å². The zero-order valence-electron chi connectivity index (χ0n) is 20.6. The third kappa shape index (κ3) is 6.08. The smallest absolute Gasteiger partial charge is 0.325 e. The van der Waals surface area contributed by atoms with Crippen LogP contribution in [0, 0.1) is 0 Å². The fourth-order valence-corrected chi connectivity index (χ4v) is 4.40. The first-order valence-corrected chi connectivity index (χ1v) is 12.6. The number of carboxylic acid groups (broad SMARTS) is 1. The first-order valence-electron chi connectivity index (χ1n) is 11.8. The van der Waals surface area contributed by atoms with E-state index in [-0.39, 0.29) is 23.8 Å².